The molecule has 94 valence electrons. The van der Waals surface area contributed by atoms with Gasteiger partial charge in [0, 0.05) is 12.0 Å². The number of anilines is 1. The molecule has 0 aliphatic rings. The van der Waals surface area contributed by atoms with Gasteiger partial charge in [0.1, 0.15) is 0 Å². The summed E-state index contributed by atoms with van der Waals surface area (Å²) >= 11 is 0. The highest BCUT2D eigenvalue weighted by molar-refractivity contribution is 5.60. The van der Waals surface area contributed by atoms with E-state index in [2.05, 4.69) is 20.4 Å². The molecule has 2 aromatic rings. The summed E-state index contributed by atoms with van der Waals surface area (Å²) < 4.78 is 0. The molecule has 0 bridgehead atoms. The van der Waals surface area contributed by atoms with E-state index in [0.717, 1.165) is 5.69 Å². The van der Waals surface area contributed by atoms with E-state index in [9.17, 15) is 0 Å². The average Bonchev–Trinajstić information content (AvgIpc) is 2.47. The van der Waals surface area contributed by atoms with Crippen molar-refractivity contribution < 1.29 is 0 Å². The van der Waals surface area contributed by atoms with Crippen LogP contribution in [-0.4, -0.2) is 7.05 Å². The Hall–Kier alpha value is -2.85. The number of benzene rings is 2. The van der Waals surface area contributed by atoms with Crippen molar-refractivity contribution in [3.05, 3.63) is 65.0 Å². The molecule has 2 aromatic carbocycles. The summed E-state index contributed by atoms with van der Waals surface area (Å²) in [5.74, 6) is 0. The number of para-hydroxylation sites is 1. The minimum atomic E-state index is 0.454. The largest absolute Gasteiger partial charge is 0.250 e. The Morgan fingerprint density at radius 2 is 1.58 bits per heavy atom. The maximum atomic E-state index is 8.48. The van der Waals surface area contributed by atoms with E-state index in [1.807, 2.05) is 36.4 Å². The summed E-state index contributed by atoms with van der Waals surface area (Å²) in [5, 5.41) is 13.4. The van der Waals surface area contributed by atoms with Crippen LogP contribution in [0.25, 0.3) is 10.4 Å². The van der Waals surface area contributed by atoms with Gasteiger partial charge in [-0.05, 0) is 23.7 Å². The molecule has 2 rings (SSSR count). The van der Waals surface area contributed by atoms with E-state index < -0.39 is 0 Å². The molecule has 0 atom stereocenters. The summed E-state index contributed by atoms with van der Waals surface area (Å²) in [4.78, 5) is 2.76. The molecular formula is C13H12N6. The van der Waals surface area contributed by atoms with Crippen molar-refractivity contribution in [2.75, 3.05) is 12.1 Å². The van der Waals surface area contributed by atoms with Crippen LogP contribution in [0.5, 0.6) is 0 Å². The van der Waals surface area contributed by atoms with E-state index >= 15 is 0 Å². The van der Waals surface area contributed by atoms with E-state index in [1.165, 1.54) is 0 Å². The van der Waals surface area contributed by atoms with Crippen molar-refractivity contribution in [3.8, 4) is 0 Å². The second-order valence-corrected chi connectivity index (χ2v) is 3.73. The first kappa shape index (κ1) is 12.6. The SMILES string of the molecule is CN(N=Nc1ccccc1N=[N+]=[N-])c1ccccc1. The Balaban J connectivity index is 2.21. The first-order valence-electron chi connectivity index (χ1n) is 5.66. The summed E-state index contributed by atoms with van der Waals surface area (Å²) in [7, 11) is 1.80. The molecule has 19 heavy (non-hydrogen) atoms. The van der Waals surface area contributed by atoms with Gasteiger partial charge in [-0.25, -0.2) is 5.01 Å². The molecule has 0 aromatic heterocycles. The minimum absolute atomic E-state index is 0.454. The van der Waals surface area contributed by atoms with Crippen molar-refractivity contribution in [2.45, 2.75) is 0 Å². The normalized spacial score (nSPS) is 10.2. The molecule has 0 saturated carbocycles. The third-order valence-corrected chi connectivity index (χ3v) is 2.45. The third-order valence-electron chi connectivity index (χ3n) is 2.45. The van der Waals surface area contributed by atoms with Crippen molar-refractivity contribution in [2.24, 2.45) is 15.5 Å². The van der Waals surface area contributed by atoms with Crippen LogP contribution in [0.2, 0.25) is 0 Å². The maximum Gasteiger partial charge on any atom is 0.0969 e. The predicted molar refractivity (Wildman–Crippen MR) is 74.6 cm³/mol. The molecule has 0 aliphatic heterocycles. The molecule has 0 amide bonds. The lowest BCUT2D eigenvalue weighted by Gasteiger charge is -2.10. The van der Waals surface area contributed by atoms with Gasteiger partial charge in [0.05, 0.1) is 17.1 Å². The minimum Gasteiger partial charge on any atom is -0.250 e. The molecule has 0 saturated heterocycles. The second kappa shape index (κ2) is 6.18. The van der Waals surface area contributed by atoms with Gasteiger partial charge in [0.2, 0.25) is 0 Å². The lowest BCUT2D eigenvalue weighted by Crippen LogP contribution is -2.06. The zero-order valence-corrected chi connectivity index (χ0v) is 10.4. The van der Waals surface area contributed by atoms with Gasteiger partial charge in [-0.3, -0.25) is 0 Å². The second-order valence-electron chi connectivity index (χ2n) is 3.73. The van der Waals surface area contributed by atoms with Crippen LogP contribution < -0.4 is 5.01 Å². The molecule has 0 N–H and O–H groups in total. The molecule has 0 radical (unpaired) electrons. The predicted octanol–water partition coefficient (Wildman–Crippen LogP) is 4.76. The molecule has 6 nitrogen and oxygen atoms in total. The zero-order valence-electron chi connectivity index (χ0n) is 10.4. The van der Waals surface area contributed by atoms with Gasteiger partial charge >= 0.3 is 0 Å². The highest BCUT2D eigenvalue weighted by Crippen LogP contribution is 2.28. The van der Waals surface area contributed by atoms with Crippen LogP contribution in [-0.2, 0) is 0 Å². The highest BCUT2D eigenvalue weighted by Gasteiger charge is 1.99. The average molecular weight is 252 g/mol. The topological polar surface area (TPSA) is 76.7 Å². The molecule has 0 aliphatic carbocycles. The Morgan fingerprint density at radius 1 is 0.947 bits per heavy atom. The molecule has 0 unspecified atom stereocenters. The molecule has 0 spiro atoms. The summed E-state index contributed by atoms with van der Waals surface area (Å²) in [6.07, 6.45) is 0. The van der Waals surface area contributed by atoms with Gasteiger partial charge in [0.15, 0.2) is 0 Å². The molecular weight excluding hydrogens is 240 g/mol. The number of azide groups is 1. The monoisotopic (exact) mass is 252 g/mol. The Bertz CT molecular complexity index is 616. The molecule has 0 heterocycles. The van der Waals surface area contributed by atoms with E-state index in [-0.39, 0.29) is 0 Å². The fraction of sp³-hybridized carbons (Fsp3) is 0.0769. The lowest BCUT2D eigenvalue weighted by atomic mass is 10.3. The highest BCUT2D eigenvalue weighted by atomic mass is 15.5. The van der Waals surface area contributed by atoms with Crippen LogP contribution in [0.15, 0.2) is 70.0 Å². The number of hydrogen-bond donors (Lipinski definition) is 0. The van der Waals surface area contributed by atoms with Crippen molar-refractivity contribution in [1.82, 2.24) is 0 Å². The van der Waals surface area contributed by atoms with Gasteiger partial charge < -0.3 is 0 Å². The van der Waals surface area contributed by atoms with E-state index in [1.54, 1.807) is 30.3 Å². The fourth-order valence-corrected chi connectivity index (χ4v) is 1.49. The smallest absolute Gasteiger partial charge is 0.0969 e. The zero-order chi connectivity index (χ0) is 13.5. The maximum absolute atomic E-state index is 8.48. The fourth-order valence-electron chi connectivity index (χ4n) is 1.49. The standard InChI is InChI=1S/C13H12N6/c1-19(11-7-3-2-4-8-11)18-16-13-10-6-5-9-12(13)15-17-14/h2-10H,1H3. The van der Waals surface area contributed by atoms with E-state index in [4.69, 9.17) is 5.53 Å². The summed E-state index contributed by atoms with van der Waals surface area (Å²) in [6, 6.07) is 16.7. The van der Waals surface area contributed by atoms with Crippen LogP contribution >= 0.6 is 0 Å². The number of nitrogens with zero attached hydrogens (tertiary/aromatic N) is 6. The van der Waals surface area contributed by atoms with Crippen molar-refractivity contribution in [1.29, 1.82) is 0 Å². The van der Waals surface area contributed by atoms with Gasteiger partial charge in [0.25, 0.3) is 0 Å². The number of rotatable bonds is 4. The number of hydrogen-bond acceptors (Lipinski definition) is 3. The first-order chi connectivity index (χ1) is 9.31. The summed E-state index contributed by atoms with van der Waals surface area (Å²) in [5.41, 5.74) is 10.4. The molecule has 0 fully saturated rings. The van der Waals surface area contributed by atoms with Crippen molar-refractivity contribution in [3.63, 3.8) is 0 Å². The third kappa shape index (κ3) is 3.31. The Labute approximate surface area is 110 Å². The quantitative estimate of drug-likeness (QED) is 0.334. The van der Waals surface area contributed by atoms with Gasteiger partial charge in [-0.1, -0.05) is 46.7 Å². The van der Waals surface area contributed by atoms with Gasteiger partial charge in [-0.15, -0.1) is 5.11 Å². The summed E-state index contributed by atoms with van der Waals surface area (Å²) in [6.45, 7) is 0. The van der Waals surface area contributed by atoms with Gasteiger partial charge in [-0.2, -0.15) is 0 Å². The van der Waals surface area contributed by atoms with Crippen molar-refractivity contribution >= 4 is 17.1 Å². The first-order valence-corrected chi connectivity index (χ1v) is 5.66. The van der Waals surface area contributed by atoms with Crippen LogP contribution in [0.4, 0.5) is 17.1 Å². The Kier molecular flexibility index (Phi) is 4.10. The lowest BCUT2D eigenvalue weighted by molar-refractivity contribution is 0.924. The van der Waals surface area contributed by atoms with Crippen LogP contribution in [0, 0.1) is 0 Å². The molecule has 6 heteroatoms. The Morgan fingerprint density at radius 3 is 2.26 bits per heavy atom. The van der Waals surface area contributed by atoms with Crippen LogP contribution in [0.3, 0.4) is 0 Å². The van der Waals surface area contributed by atoms with E-state index in [0.29, 0.717) is 11.4 Å². The van der Waals surface area contributed by atoms with Crippen LogP contribution in [0.1, 0.15) is 0 Å².